The zero-order chi connectivity index (χ0) is 14.4. The molecule has 2 rings (SSSR count). The number of ether oxygens (including phenoxy) is 1. The van der Waals surface area contributed by atoms with Gasteiger partial charge in [-0.25, -0.2) is 0 Å². The summed E-state index contributed by atoms with van der Waals surface area (Å²) < 4.78 is 5.76. The van der Waals surface area contributed by atoms with Crippen molar-refractivity contribution < 1.29 is 9.84 Å². The molecule has 0 fully saturated rings. The van der Waals surface area contributed by atoms with Gasteiger partial charge in [-0.1, -0.05) is 25.1 Å². The van der Waals surface area contributed by atoms with Crippen molar-refractivity contribution in [3.63, 3.8) is 0 Å². The lowest BCUT2D eigenvalue weighted by Gasteiger charge is -2.27. The number of para-hydroxylation sites is 1. The predicted octanol–water partition coefficient (Wildman–Crippen LogP) is 1.76. The molecule has 4 nitrogen and oxygen atoms in total. The molecule has 1 aromatic carbocycles. The highest BCUT2D eigenvalue weighted by molar-refractivity contribution is 5.33. The molecule has 0 bridgehead atoms. The highest BCUT2D eigenvalue weighted by Gasteiger charge is 2.22. The first-order chi connectivity index (χ1) is 9.67. The van der Waals surface area contributed by atoms with E-state index in [1.54, 1.807) is 0 Å². The molecule has 1 aliphatic heterocycles. The second kappa shape index (κ2) is 7.07. The van der Waals surface area contributed by atoms with E-state index in [4.69, 9.17) is 10.5 Å². The van der Waals surface area contributed by atoms with Gasteiger partial charge in [-0.05, 0) is 31.9 Å². The Morgan fingerprint density at radius 1 is 1.40 bits per heavy atom. The topological polar surface area (TPSA) is 58.7 Å². The van der Waals surface area contributed by atoms with Gasteiger partial charge in [-0.15, -0.1) is 0 Å². The van der Waals surface area contributed by atoms with Gasteiger partial charge >= 0.3 is 0 Å². The summed E-state index contributed by atoms with van der Waals surface area (Å²) in [7, 11) is 0. The number of rotatable bonds is 6. The summed E-state index contributed by atoms with van der Waals surface area (Å²) in [4.78, 5) is 2.40. The summed E-state index contributed by atoms with van der Waals surface area (Å²) in [5, 5.41) is 9.34. The second-order valence-corrected chi connectivity index (χ2v) is 5.71. The number of fused-ring (bicyclic) bond motifs is 1. The van der Waals surface area contributed by atoms with E-state index in [1.807, 2.05) is 19.1 Å². The first-order valence-electron chi connectivity index (χ1n) is 7.50. The zero-order valence-corrected chi connectivity index (χ0v) is 12.3. The van der Waals surface area contributed by atoms with Gasteiger partial charge in [0, 0.05) is 24.2 Å². The molecule has 0 radical (unpaired) electrons. The van der Waals surface area contributed by atoms with Crippen LogP contribution in [0.1, 0.15) is 31.7 Å². The van der Waals surface area contributed by atoms with Gasteiger partial charge in [-0.3, -0.25) is 4.90 Å². The van der Waals surface area contributed by atoms with E-state index in [-0.39, 0.29) is 6.61 Å². The minimum absolute atomic E-state index is 0.0649. The Morgan fingerprint density at radius 3 is 2.95 bits per heavy atom. The van der Waals surface area contributed by atoms with Gasteiger partial charge in [0.25, 0.3) is 0 Å². The van der Waals surface area contributed by atoms with Crippen molar-refractivity contribution in [2.24, 2.45) is 5.73 Å². The Hall–Kier alpha value is -1.10. The summed E-state index contributed by atoms with van der Waals surface area (Å²) in [6.45, 7) is 5.70. The van der Waals surface area contributed by atoms with Crippen LogP contribution in [0.25, 0.3) is 0 Å². The summed E-state index contributed by atoms with van der Waals surface area (Å²) in [5.41, 5.74) is 6.96. The van der Waals surface area contributed by atoms with Crippen molar-refractivity contribution in [1.29, 1.82) is 0 Å². The molecule has 1 heterocycles. The van der Waals surface area contributed by atoms with Crippen LogP contribution in [-0.2, 0) is 6.54 Å². The number of benzene rings is 1. The standard InChI is InChI=1S/C16H26N2O2/c1-2-16(17,13-19)8-5-9-18-10-11-20-15-7-4-3-6-14(15)12-18/h3-4,6-7,19H,2,5,8-13,17H2,1H3. The summed E-state index contributed by atoms with van der Waals surface area (Å²) >= 11 is 0. The quantitative estimate of drug-likeness (QED) is 0.832. The molecule has 0 saturated carbocycles. The molecule has 3 N–H and O–H groups in total. The second-order valence-electron chi connectivity index (χ2n) is 5.71. The number of nitrogens with two attached hydrogens (primary N) is 1. The van der Waals surface area contributed by atoms with Crippen molar-refractivity contribution >= 4 is 0 Å². The van der Waals surface area contributed by atoms with Crippen molar-refractivity contribution in [2.45, 2.75) is 38.3 Å². The third-order valence-corrected chi connectivity index (χ3v) is 4.20. The van der Waals surface area contributed by atoms with Crippen molar-refractivity contribution in [3.8, 4) is 5.75 Å². The third kappa shape index (κ3) is 3.95. The van der Waals surface area contributed by atoms with Crippen LogP contribution in [0.2, 0.25) is 0 Å². The Balaban J connectivity index is 1.85. The lowest BCUT2D eigenvalue weighted by atomic mass is 9.92. The van der Waals surface area contributed by atoms with E-state index in [1.165, 1.54) is 5.56 Å². The highest BCUT2D eigenvalue weighted by atomic mass is 16.5. The zero-order valence-electron chi connectivity index (χ0n) is 12.3. The molecule has 1 unspecified atom stereocenters. The summed E-state index contributed by atoms with van der Waals surface area (Å²) in [6.07, 6.45) is 2.68. The fraction of sp³-hybridized carbons (Fsp3) is 0.625. The molecule has 0 saturated heterocycles. The minimum Gasteiger partial charge on any atom is -0.492 e. The molecule has 0 aromatic heterocycles. The van der Waals surface area contributed by atoms with E-state index < -0.39 is 5.54 Å². The Kier molecular flexibility index (Phi) is 5.40. The number of nitrogens with zero attached hydrogens (tertiary/aromatic N) is 1. The van der Waals surface area contributed by atoms with E-state index in [9.17, 15) is 5.11 Å². The number of hydrogen-bond acceptors (Lipinski definition) is 4. The van der Waals surface area contributed by atoms with Gasteiger partial charge in [0.15, 0.2) is 0 Å². The van der Waals surface area contributed by atoms with Gasteiger partial charge in [-0.2, -0.15) is 0 Å². The van der Waals surface area contributed by atoms with Gasteiger partial charge in [0.2, 0.25) is 0 Å². The maximum Gasteiger partial charge on any atom is 0.123 e. The fourth-order valence-electron chi connectivity index (χ4n) is 2.59. The molecule has 20 heavy (non-hydrogen) atoms. The maximum atomic E-state index is 9.34. The SMILES string of the molecule is CCC(N)(CO)CCCN1CCOc2ccccc2C1. The van der Waals surface area contributed by atoms with Crippen molar-refractivity contribution in [2.75, 3.05) is 26.3 Å². The number of aliphatic hydroxyl groups excluding tert-OH is 1. The third-order valence-electron chi connectivity index (χ3n) is 4.20. The Labute approximate surface area is 121 Å². The van der Waals surface area contributed by atoms with Crippen LogP contribution in [0.5, 0.6) is 5.75 Å². The molecule has 0 spiro atoms. The molecule has 0 aliphatic carbocycles. The van der Waals surface area contributed by atoms with Crippen molar-refractivity contribution in [1.82, 2.24) is 4.90 Å². The van der Waals surface area contributed by atoms with Crippen LogP contribution in [-0.4, -0.2) is 41.8 Å². The van der Waals surface area contributed by atoms with E-state index in [0.29, 0.717) is 0 Å². The van der Waals surface area contributed by atoms with Crippen LogP contribution in [0.4, 0.5) is 0 Å². The van der Waals surface area contributed by atoms with E-state index >= 15 is 0 Å². The average molecular weight is 278 g/mol. The summed E-state index contributed by atoms with van der Waals surface area (Å²) in [5.74, 6) is 1.01. The highest BCUT2D eigenvalue weighted by Crippen LogP contribution is 2.23. The number of aliphatic hydroxyl groups is 1. The van der Waals surface area contributed by atoms with Gasteiger partial charge < -0.3 is 15.6 Å². The average Bonchev–Trinajstić information content (AvgIpc) is 2.68. The van der Waals surface area contributed by atoms with Crippen LogP contribution < -0.4 is 10.5 Å². The lowest BCUT2D eigenvalue weighted by Crippen LogP contribution is -2.43. The maximum absolute atomic E-state index is 9.34. The molecule has 1 atom stereocenters. The van der Waals surface area contributed by atoms with Gasteiger partial charge in [0.05, 0.1) is 6.61 Å². The van der Waals surface area contributed by atoms with E-state index in [0.717, 1.165) is 51.3 Å². The van der Waals surface area contributed by atoms with E-state index in [2.05, 4.69) is 17.0 Å². The fourth-order valence-corrected chi connectivity index (χ4v) is 2.59. The van der Waals surface area contributed by atoms with Gasteiger partial charge in [0.1, 0.15) is 12.4 Å². The molecular weight excluding hydrogens is 252 g/mol. The van der Waals surface area contributed by atoms with Crippen molar-refractivity contribution in [3.05, 3.63) is 29.8 Å². The Bertz CT molecular complexity index is 419. The van der Waals surface area contributed by atoms with Crippen LogP contribution in [0.3, 0.4) is 0 Å². The van der Waals surface area contributed by atoms with Crippen LogP contribution in [0, 0.1) is 0 Å². The largest absolute Gasteiger partial charge is 0.492 e. The summed E-state index contributed by atoms with van der Waals surface area (Å²) in [6, 6.07) is 8.23. The first kappa shape index (κ1) is 15.3. The first-order valence-corrected chi connectivity index (χ1v) is 7.50. The molecule has 1 aromatic rings. The molecule has 112 valence electrons. The predicted molar refractivity (Wildman–Crippen MR) is 80.7 cm³/mol. The number of hydrogen-bond donors (Lipinski definition) is 2. The normalized spacial score (nSPS) is 18.8. The molecular formula is C16H26N2O2. The van der Waals surface area contributed by atoms with Crippen LogP contribution in [0.15, 0.2) is 24.3 Å². The molecule has 1 aliphatic rings. The minimum atomic E-state index is -0.416. The molecule has 0 amide bonds. The van der Waals surface area contributed by atoms with Crippen LogP contribution >= 0.6 is 0 Å². The lowest BCUT2D eigenvalue weighted by molar-refractivity contribution is 0.167. The monoisotopic (exact) mass is 278 g/mol. The Morgan fingerprint density at radius 2 is 2.20 bits per heavy atom. The smallest absolute Gasteiger partial charge is 0.123 e. The molecule has 4 heteroatoms.